The average Bonchev–Trinajstić information content (AvgIpc) is 3.79. The molecule has 7 heterocycles. The van der Waals surface area contributed by atoms with Gasteiger partial charge in [0, 0.05) is 55.7 Å². The van der Waals surface area contributed by atoms with Crippen molar-refractivity contribution >= 4 is 65.2 Å². The third kappa shape index (κ3) is 3.96. The van der Waals surface area contributed by atoms with Gasteiger partial charge in [-0.25, -0.2) is 15.0 Å². The first kappa shape index (κ1) is 23.4. The predicted octanol–water partition coefficient (Wildman–Crippen LogP) is 5.75. The first-order valence-corrected chi connectivity index (χ1v) is 14.3. The molecule has 2 N–H and O–H groups in total. The van der Waals surface area contributed by atoms with Crippen molar-refractivity contribution in [2.45, 2.75) is 0 Å². The van der Waals surface area contributed by atoms with Crippen molar-refractivity contribution in [3.63, 3.8) is 0 Å². The second-order valence-corrected chi connectivity index (χ2v) is 11.5. The van der Waals surface area contributed by atoms with E-state index in [4.69, 9.17) is 14.1 Å². The fourth-order valence-corrected chi connectivity index (χ4v) is 7.03. The number of hydrogen-bond donors (Lipinski definition) is 2. The van der Waals surface area contributed by atoms with E-state index >= 15 is 0 Å². The van der Waals surface area contributed by atoms with Crippen LogP contribution in [0, 0.1) is 0 Å². The van der Waals surface area contributed by atoms with E-state index in [2.05, 4.69) is 43.4 Å². The smallest absolute Gasteiger partial charge is 0.225 e. The zero-order valence-corrected chi connectivity index (χ0v) is 22.6. The standard InChI is InChI=1S/C28H21N7O3S2/c36-21-10-23(34-5-7-37-8-6-34)40-25-19(15-38-24(21)25)28-31-13-22(39-28)33-26-27-30-3-4-35(27)14-20(32-26)16-1-2-17-11-29-12-18(17)9-16/h1-4,9-15,29H,5-8H2,(H,32,33). The molecule has 7 aromatic rings. The molecule has 1 fully saturated rings. The lowest BCUT2D eigenvalue weighted by Crippen LogP contribution is -2.36. The number of benzene rings is 1. The molecule has 0 atom stereocenters. The Balaban J connectivity index is 1.15. The molecule has 0 aliphatic carbocycles. The molecule has 8 rings (SSSR count). The number of rotatable bonds is 5. The number of hydrogen-bond acceptors (Lipinski definition) is 10. The number of morpholine rings is 1. The van der Waals surface area contributed by atoms with Gasteiger partial charge in [0.25, 0.3) is 0 Å². The molecule has 0 amide bonds. The molecule has 10 nitrogen and oxygen atoms in total. The number of thiazole rings is 1. The summed E-state index contributed by atoms with van der Waals surface area (Å²) in [6.45, 7) is 2.82. The van der Waals surface area contributed by atoms with Crippen molar-refractivity contribution in [1.29, 1.82) is 0 Å². The minimum absolute atomic E-state index is 0.128. The lowest BCUT2D eigenvalue weighted by molar-refractivity contribution is 0.123. The summed E-state index contributed by atoms with van der Waals surface area (Å²) in [5.41, 5.74) is 3.57. The predicted molar refractivity (Wildman–Crippen MR) is 158 cm³/mol. The third-order valence-electron chi connectivity index (χ3n) is 6.97. The van der Waals surface area contributed by atoms with Crippen molar-refractivity contribution in [3.8, 4) is 21.8 Å². The van der Waals surface area contributed by atoms with Crippen molar-refractivity contribution in [2.75, 3.05) is 36.5 Å². The number of anilines is 3. The van der Waals surface area contributed by atoms with Gasteiger partial charge in [0.1, 0.15) is 16.3 Å². The second-order valence-electron chi connectivity index (χ2n) is 9.44. The van der Waals surface area contributed by atoms with Crippen molar-refractivity contribution in [1.82, 2.24) is 24.3 Å². The minimum Gasteiger partial charge on any atom is -0.459 e. The van der Waals surface area contributed by atoms with Crippen molar-refractivity contribution in [2.24, 2.45) is 0 Å². The molecular weight excluding hydrogens is 546 g/mol. The Morgan fingerprint density at radius 2 is 1.95 bits per heavy atom. The molecule has 0 radical (unpaired) electrons. The Bertz CT molecular complexity index is 2080. The maximum absolute atomic E-state index is 12.8. The van der Waals surface area contributed by atoms with Crippen molar-refractivity contribution in [3.05, 3.63) is 77.9 Å². The molecule has 1 aliphatic heterocycles. The number of H-pyrrole nitrogens is 1. The zero-order chi connectivity index (χ0) is 26.6. The Morgan fingerprint density at radius 3 is 2.88 bits per heavy atom. The summed E-state index contributed by atoms with van der Waals surface area (Å²) in [6, 6.07) is 7.92. The molecule has 0 saturated carbocycles. The van der Waals surface area contributed by atoms with Gasteiger partial charge in [-0.2, -0.15) is 0 Å². The summed E-state index contributed by atoms with van der Waals surface area (Å²) in [7, 11) is 0. The van der Waals surface area contributed by atoms with Gasteiger partial charge < -0.3 is 28.8 Å². The molecule has 0 spiro atoms. The number of aromatic nitrogens is 5. The molecule has 0 unspecified atom stereocenters. The van der Waals surface area contributed by atoms with Crippen LogP contribution >= 0.6 is 22.7 Å². The van der Waals surface area contributed by atoms with Gasteiger partial charge in [-0.1, -0.05) is 23.5 Å². The average molecular weight is 568 g/mol. The Labute approximate surface area is 234 Å². The summed E-state index contributed by atoms with van der Waals surface area (Å²) in [5.74, 6) is 0.628. The van der Waals surface area contributed by atoms with Crippen molar-refractivity contribution < 1.29 is 9.15 Å². The van der Waals surface area contributed by atoms with Crippen LogP contribution in [0.25, 0.3) is 48.5 Å². The highest BCUT2D eigenvalue weighted by atomic mass is 32.1. The Hall–Kier alpha value is -4.52. The van der Waals surface area contributed by atoms with Crippen LogP contribution in [0.1, 0.15) is 0 Å². The van der Waals surface area contributed by atoms with Gasteiger partial charge in [0.05, 0.1) is 40.4 Å². The lowest BCUT2D eigenvalue weighted by Gasteiger charge is -2.27. The molecule has 6 aromatic heterocycles. The monoisotopic (exact) mass is 567 g/mol. The number of imidazole rings is 1. The maximum Gasteiger partial charge on any atom is 0.225 e. The van der Waals surface area contributed by atoms with Gasteiger partial charge >= 0.3 is 0 Å². The minimum atomic E-state index is -0.128. The molecule has 1 aliphatic rings. The molecule has 0 bridgehead atoms. The summed E-state index contributed by atoms with van der Waals surface area (Å²) in [4.78, 5) is 32.3. The van der Waals surface area contributed by atoms with Crippen LogP contribution in [-0.2, 0) is 4.74 Å². The zero-order valence-electron chi connectivity index (χ0n) is 21.0. The number of furan rings is 1. The molecule has 12 heteroatoms. The van der Waals surface area contributed by atoms with Gasteiger partial charge in [-0.3, -0.25) is 4.79 Å². The van der Waals surface area contributed by atoms with E-state index in [0.29, 0.717) is 30.3 Å². The van der Waals surface area contributed by atoms with Crippen LogP contribution in [0.3, 0.4) is 0 Å². The highest BCUT2D eigenvalue weighted by molar-refractivity contribution is 7.23. The SMILES string of the molecule is O=c1cc(N2CCOCC2)sc2c(-c3ncc(Nc4nc(-c5ccc6c[nH]cc6c5)cn5ccnc45)s3)coc12. The Morgan fingerprint density at radius 1 is 1.05 bits per heavy atom. The largest absolute Gasteiger partial charge is 0.459 e. The van der Waals surface area contributed by atoms with E-state index in [1.807, 2.05) is 29.2 Å². The van der Waals surface area contributed by atoms with E-state index in [0.717, 1.165) is 60.4 Å². The Kier molecular flexibility index (Phi) is 5.43. The fraction of sp³-hybridized carbons (Fsp3) is 0.143. The number of nitrogens with zero attached hydrogens (tertiary/aromatic N) is 5. The lowest BCUT2D eigenvalue weighted by atomic mass is 10.1. The van der Waals surface area contributed by atoms with E-state index in [1.54, 1.807) is 36.1 Å². The second kappa shape index (κ2) is 9.30. The van der Waals surface area contributed by atoms with E-state index in [-0.39, 0.29) is 5.43 Å². The fourth-order valence-electron chi connectivity index (χ4n) is 4.96. The van der Waals surface area contributed by atoms with E-state index in [1.165, 1.54) is 11.3 Å². The van der Waals surface area contributed by atoms with Gasteiger partial charge in [-0.05, 0) is 16.8 Å². The molecule has 1 aromatic carbocycles. The van der Waals surface area contributed by atoms with Crippen LogP contribution in [-0.4, -0.2) is 50.6 Å². The summed E-state index contributed by atoms with van der Waals surface area (Å²) >= 11 is 3.02. The highest BCUT2D eigenvalue weighted by Gasteiger charge is 2.20. The molecule has 1 saturated heterocycles. The first-order valence-electron chi connectivity index (χ1n) is 12.7. The number of ether oxygens (including phenoxy) is 1. The topological polar surface area (TPSA) is 114 Å². The number of nitrogens with one attached hydrogen (secondary N) is 2. The summed E-state index contributed by atoms with van der Waals surface area (Å²) in [6.07, 6.45) is 13.0. The molecular formula is C28H21N7O3S2. The van der Waals surface area contributed by atoms with Gasteiger partial charge in [0.15, 0.2) is 17.0 Å². The van der Waals surface area contributed by atoms with Crippen LogP contribution in [0.4, 0.5) is 15.8 Å². The maximum atomic E-state index is 12.8. The first-order chi connectivity index (χ1) is 19.7. The van der Waals surface area contributed by atoms with Gasteiger partial charge in [-0.15, -0.1) is 11.3 Å². The number of fused-ring (bicyclic) bond motifs is 3. The normalized spacial score (nSPS) is 14.1. The van der Waals surface area contributed by atoms with E-state index in [9.17, 15) is 4.79 Å². The van der Waals surface area contributed by atoms with Crippen LogP contribution < -0.4 is 15.6 Å². The quantitative estimate of drug-likeness (QED) is 0.270. The molecule has 40 heavy (non-hydrogen) atoms. The van der Waals surface area contributed by atoms with Crippen LogP contribution in [0.15, 0.2) is 76.9 Å². The van der Waals surface area contributed by atoms with Gasteiger partial charge in [0.2, 0.25) is 5.43 Å². The summed E-state index contributed by atoms with van der Waals surface area (Å²) in [5, 5.41) is 8.17. The number of aromatic amines is 1. The van der Waals surface area contributed by atoms with Crippen LogP contribution in [0.2, 0.25) is 0 Å². The highest BCUT2D eigenvalue weighted by Crippen LogP contribution is 2.39. The molecule has 198 valence electrons. The third-order valence-corrected chi connectivity index (χ3v) is 9.11. The van der Waals surface area contributed by atoms with Crippen LogP contribution in [0.5, 0.6) is 0 Å². The summed E-state index contributed by atoms with van der Waals surface area (Å²) < 4.78 is 13.9. The van der Waals surface area contributed by atoms with E-state index < -0.39 is 0 Å².